The number of benzene rings is 1. The van der Waals surface area contributed by atoms with Crippen LogP contribution >= 0.6 is 11.8 Å². The first-order valence-electron chi connectivity index (χ1n) is 6.30. The lowest BCUT2D eigenvalue weighted by molar-refractivity contribution is 0.768. The van der Waals surface area contributed by atoms with Crippen LogP contribution in [-0.4, -0.2) is 23.0 Å². The first-order valence-corrected chi connectivity index (χ1v) is 7.69. The number of nitriles is 1. The fraction of sp³-hybridized carbons (Fsp3) is 0.333. The zero-order chi connectivity index (χ0) is 13.7. The number of nitrogens with one attached hydrogen (secondary N) is 1. The number of para-hydroxylation sites is 1. The maximum atomic E-state index is 9.23. The van der Waals surface area contributed by atoms with Gasteiger partial charge in [-0.3, -0.25) is 0 Å². The minimum atomic E-state index is 0.354. The second-order valence-corrected chi connectivity index (χ2v) is 5.50. The Kier molecular flexibility index (Phi) is 4.64. The smallest absolute Gasteiger partial charge is 0.128 e. The first-order chi connectivity index (χ1) is 9.24. The minimum Gasteiger partial charge on any atom is -0.368 e. The van der Waals surface area contributed by atoms with Crippen molar-refractivity contribution >= 4 is 28.5 Å². The Morgan fingerprint density at radius 1 is 1.42 bits per heavy atom. The molecule has 0 spiro atoms. The molecule has 0 saturated heterocycles. The number of rotatable bonds is 5. The van der Waals surface area contributed by atoms with E-state index in [1.165, 1.54) is 0 Å². The number of pyridine rings is 1. The minimum absolute atomic E-state index is 0.354. The topological polar surface area (TPSA) is 48.7 Å². The van der Waals surface area contributed by atoms with Crippen molar-refractivity contribution < 1.29 is 0 Å². The molecule has 0 radical (unpaired) electrons. The van der Waals surface area contributed by atoms with Gasteiger partial charge in [0.05, 0.1) is 17.1 Å². The van der Waals surface area contributed by atoms with Crippen molar-refractivity contribution in [1.82, 2.24) is 4.98 Å². The zero-order valence-electron chi connectivity index (χ0n) is 11.2. The van der Waals surface area contributed by atoms with Crippen molar-refractivity contribution in [2.45, 2.75) is 19.4 Å². The summed E-state index contributed by atoms with van der Waals surface area (Å²) in [4.78, 5) is 4.56. The van der Waals surface area contributed by atoms with Crippen molar-refractivity contribution in [2.75, 3.05) is 17.3 Å². The third kappa shape index (κ3) is 3.39. The summed E-state index contributed by atoms with van der Waals surface area (Å²) in [5, 5.41) is 13.5. The van der Waals surface area contributed by atoms with Crippen molar-refractivity contribution in [3.63, 3.8) is 0 Å². The van der Waals surface area contributed by atoms with Crippen LogP contribution in [0.25, 0.3) is 10.9 Å². The summed E-state index contributed by atoms with van der Waals surface area (Å²) in [5.41, 5.74) is 1.53. The molecule has 2 aromatic rings. The van der Waals surface area contributed by atoms with Gasteiger partial charge < -0.3 is 5.32 Å². The Morgan fingerprint density at radius 3 is 2.95 bits per heavy atom. The van der Waals surface area contributed by atoms with E-state index >= 15 is 0 Å². The molecule has 0 amide bonds. The fourth-order valence-electron chi connectivity index (χ4n) is 1.96. The highest BCUT2D eigenvalue weighted by atomic mass is 32.2. The van der Waals surface area contributed by atoms with Gasteiger partial charge in [-0.15, -0.1) is 0 Å². The predicted molar refractivity (Wildman–Crippen MR) is 82.5 cm³/mol. The highest BCUT2D eigenvalue weighted by molar-refractivity contribution is 7.98. The molecule has 19 heavy (non-hydrogen) atoms. The molecule has 0 aliphatic carbocycles. The molecule has 98 valence electrons. The average Bonchev–Trinajstić information content (AvgIpc) is 2.44. The molecule has 1 aromatic carbocycles. The highest BCUT2D eigenvalue weighted by Gasteiger charge is 2.07. The Labute approximate surface area is 118 Å². The second-order valence-electron chi connectivity index (χ2n) is 4.51. The lowest BCUT2D eigenvalue weighted by atomic mass is 10.1. The van der Waals surface area contributed by atoms with Crippen molar-refractivity contribution in [2.24, 2.45) is 0 Å². The Balaban J connectivity index is 2.27. The molecular formula is C15H17N3S. The van der Waals surface area contributed by atoms with E-state index in [0.717, 1.165) is 28.9 Å². The van der Waals surface area contributed by atoms with Gasteiger partial charge in [-0.1, -0.05) is 18.2 Å². The highest BCUT2D eigenvalue weighted by Crippen LogP contribution is 2.20. The SMILES string of the molecule is CSCCC(C)Nc1cc(C#N)c2ccccc2n1. The maximum Gasteiger partial charge on any atom is 0.128 e. The number of thioether (sulfide) groups is 1. The maximum absolute atomic E-state index is 9.23. The molecule has 0 aliphatic heterocycles. The fourth-order valence-corrected chi connectivity index (χ4v) is 2.55. The molecule has 0 aliphatic rings. The van der Waals surface area contributed by atoms with E-state index < -0.39 is 0 Å². The van der Waals surface area contributed by atoms with Gasteiger partial charge in [0.25, 0.3) is 0 Å². The number of hydrogen-bond acceptors (Lipinski definition) is 4. The average molecular weight is 271 g/mol. The van der Waals surface area contributed by atoms with Crippen LogP contribution in [0.4, 0.5) is 5.82 Å². The summed E-state index contributed by atoms with van der Waals surface area (Å²) in [6.07, 6.45) is 3.19. The van der Waals surface area contributed by atoms with Crippen LogP contribution in [-0.2, 0) is 0 Å². The van der Waals surface area contributed by atoms with E-state index in [0.29, 0.717) is 11.6 Å². The summed E-state index contributed by atoms with van der Waals surface area (Å²) in [5.74, 6) is 1.90. The largest absolute Gasteiger partial charge is 0.368 e. The van der Waals surface area contributed by atoms with E-state index in [2.05, 4.69) is 29.5 Å². The molecular weight excluding hydrogens is 254 g/mol. The van der Waals surface area contributed by atoms with Gasteiger partial charge in [-0.25, -0.2) is 4.98 Å². The van der Waals surface area contributed by atoms with E-state index in [1.54, 1.807) is 0 Å². The van der Waals surface area contributed by atoms with Crippen molar-refractivity contribution in [3.8, 4) is 6.07 Å². The number of aromatic nitrogens is 1. The summed E-state index contributed by atoms with van der Waals surface area (Å²) in [7, 11) is 0. The number of nitrogens with zero attached hydrogens (tertiary/aromatic N) is 2. The van der Waals surface area contributed by atoms with Crippen LogP contribution in [0.5, 0.6) is 0 Å². The summed E-state index contributed by atoms with van der Waals surface area (Å²) in [6, 6.07) is 12.2. The van der Waals surface area contributed by atoms with Gasteiger partial charge in [0.15, 0.2) is 0 Å². The van der Waals surface area contributed by atoms with Crippen molar-refractivity contribution in [1.29, 1.82) is 5.26 Å². The van der Waals surface area contributed by atoms with Crippen LogP contribution in [0.1, 0.15) is 18.9 Å². The van der Waals surface area contributed by atoms with Crippen LogP contribution in [0, 0.1) is 11.3 Å². The van der Waals surface area contributed by atoms with Gasteiger partial charge in [-0.2, -0.15) is 17.0 Å². The van der Waals surface area contributed by atoms with Gasteiger partial charge in [-0.05, 0) is 37.5 Å². The first kappa shape index (κ1) is 13.7. The summed E-state index contributed by atoms with van der Waals surface area (Å²) >= 11 is 1.84. The van der Waals surface area contributed by atoms with E-state index in [-0.39, 0.29) is 0 Å². The third-order valence-corrected chi connectivity index (χ3v) is 3.63. The Hall–Kier alpha value is -1.73. The van der Waals surface area contributed by atoms with Gasteiger partial charge >= 0.3 is 0 Å². The van der Waals surface area contributed by atoms with E-state index in [1.807, 2.05) is 42.1 Å². The standard InChI is InChI=1S/C15H17N3S/c1-11(7-8-19-2)17-15-9-12(10-16)13-5-3-4-6-14(13)18-15/h3-6,9,11H,7-8H2,1-2H3,(H,17,18). The Bertz CT molecular complexity index is 604. The van der Waals surface area contributed by atoms with Gasteiger partial charge in [0.2, 0.25) is 0 Å². The molecule has 1 aromatic heterocycles. The van der Waals surface area contributed by atoms with Crippen LogP contribution in [0.3, 0.4) is 0 Å². The van der Waals surface area contributed by atoms with Crippen LogP contribution in [0.2, 0.25) is 0 Å². The third-order valence-electron chi connectivity index (χ3n) is 2.99. The predicted octanol–water partition coefficient (Wildman–Crippen LogP) is 3.66. The van der Waals surface area contributed by atoms with Crippen LogP contribution in [0.15, 0.2) is 30.3 Å². The van der Waals surface area contributed by atoms with E-state index in [9.17, 15) is 5.26 Å². The molecule has 0 bridgehead atoms. The molecule has 1 heterocycles. The number of fused-ring (bicyclic) bond motifs is 1. The molecule has 4 heteroatoms. The van der Waals surface area contributed by atoms with Gasteiger partial charge in [0, 0.05) is 11.4 Å². The summed E-state index contributed by atoms with van der Waals surface area (Å²) in [6.45, 7) is 2.14. The van der Waals surface area contributed by atoms with Crippen molar-refractivity contribution in [3.05, 3.63) is 35.9 Å². The Morgan fingerprint density at radius 2 is 2.21 bits per heavy atom. The zero-order valence-corrected chi connectivity index (χ0v) is 12.0. The van der Waals surface area contributed by atoms with Crippen LogP contribution < -0.4 is 5.32 Å². The summed E-state index contributed by atoms with van der Waals surface area (Å²) < 4.78 is 0. The van der Waals surface area contributed by atoms with Gasteiger partial charge in [0.1, 0.15) is 5.82 Å². The lowest BCUT2D eigenvalue weighted by Gasteiger charge is -2.14. The molecule has 0 saturated carbocycles. The molecule has 3 nitrogen and oxygen atoms in total. The monoisotopic (exact) mass is 271 g/mol. The molecule has 2 rings (SSSR count). The quantitative estimate of drug-likeness (QED) is 0.901. The molecule has 1 unspecified atom stereocenters. The number of hydrogen-bond donors (Lipinski definition) is 1. The molecule has 0 fully saturated rings. The second kappa shape index (κ2) is 6.44. The molecule has 1 N–H and O–H groups in total. The van der Waals surface area contributed by atoms with E-state index in [4.69, 9.17) is 0 Å². The molecule has 1 atom stereocenters. The normalized spacial score (nSPS) is 12.1. The lowest BCUT2D eigenvalue weighted by Crippen LogP contribution is -2.16. The number of anilines is 1.